The average molecular weight is 432 g/mol. The summed E-state index contributed by atoms with van der Waals surface area (Å²) in [5.41, 5.74) is 10.0. The fraction of sp³-hybridized carbons (Fsp3) is 0.391. The number of pyridine rings is 2. The molecule has 0 bridgehead atoms. The van der Waals surface area contributed by atoms with Crippen LogP contribution >= 0.6 is 0 Å². The standard InChI is InChI=1S/C23H25N7O2/c24-21-18-2-3-19(17(18)5-6-25-21)28-22(31)16-8-27-30(10-16)9-15-1-4-20(26-7-15)29-11-23(12-29)13-32-14-23/h1,4-8,10,19H,2-3,9,11-14H2,(H2,24,25)(H,28,31)/t19-/m1/s1. The highest BCUT2D eigenvalue weighted by Gasteiger charge is 2.49. The first-order valence-electron chi connectivity index (χ1n) is 10.9. The number of rotatable bonds is 5. The molecule has 0 saturated carbocycles. The molecule has 1 atom stereocenters. The molecule has 9 heteroatoms. The Labute approximate surface area is 185 Å². The number of hydrogen-bond donors (Lipinski definition) is 2. The molecule has 2 saturated heterocycles. The van der Waals surface area contributed by atoms with Gasteiger partial charge in [0.15, 0.2) is 0 Å². The molecule has 6 rings (SSSR count). The third-order valence-corrected chi connectivity index (χ3v) is 6.73. The number of aromatic nitrogens is 4. The smallest absolute Gasteiger partial charge is 0.254 e. The molecular weight excluding hydrogens is 406 g/mol. The summed E-state index contributed by atoms with van der Waals surface area (Å²) in [6.07, 6.45) is 8.61. The minimum atomic E-state index is -0.135. The average Bonchev–Trinajstić information content (AvgIpc) is 3.35. The number of amides is 1. The van der Waals surface area contributed by atoms with Crippen molar-refractivity contribution in [3.05, 3.63) is 65.2 Å². The van der Waals surface area contributed by atoms with Gasteiger partial charge >= 0.3 is 0 Å². The summed E-state index contributed by atoms with van der Waals surface area (Å²) in [5, 5.41) is 7.46. The highest BCUT2D eigenvalue weighted by atomic mass is 16.5. The van der Waals surface area contributed by atoms with Gasteiger partial charge in [0.1, 0.15) is 11.6 Å². The van der Waals surface area contributed by atoms with E-state index in [2.05, 4.69) is 37.4 Å². The normalized spacial score (nSPS) is 20.5. The zero-order chi connectivity index (χ0) is 21.7. The van der Waals surface area contributed by atoms with Crippen molar-refractivity contribution in [1.29, 1.82) is 0 Å². The van der Waals surface area contributed by atoms with Gasteiger partial charge in [-0.3, -0.25) is 9.48 Å². The van der Waals surface area contributed by atoms with E-state index < -0.39 is 0 Å². The van der Waals surface area contributed by atoms with Crippen LogP contribution in [0.1, 0.15) is 39.5 Å². The third-order valence-electron chi connectivity index (χ3n) is 6.73. The van der Waals surface area contributed by atoms with Crippen molar-refractivity contribution in [2.45, 2.75) is 25.4 Å². The topological polar surface area (TPSA) is 111 Å². The zero-order valence-corrected chi connectivity index (χ0v) is 17.7. The van der Waals surface area contributed by atoms with Crippen LogP contribution in [-0.4, -0.2) is 52.0 Å². The minimum absolute atomic E-state index is 0.0463. The van der Waals surface area contributed by atoms with E-state index in [-0.39, 0.29) is 11.9 Å². The predicted octanol–water partition coefficient (Wildman–Crippen LogP) is 1.56. The quantitative estimate of drug-likeness (QED) is 0.631. The molecule has 1 amide bonds. The van der Waals surface area contributed by atoms with Gasteiger partial charge in [-0.2, -0.15) is 5.10 Å². The Hall–Kier alpha value is -3.46. The van der Waals surface area contributed by atoms with Gasteiger partial charge in [0.25, 0.3) is 5.91 Å². The second-order valence-electron chi connectivity index (χ2n) is 9.13. The maximum Gasteiger partial charge on any atom is 0.254 e. The van der Waals surface area contributed by atoms with E-state index >= 15 is 0 Å². The van der Waals surface area contributed by atoms with Crippen molar-refractivity contribution in [3.63, 3.8) is 0 Å². The number of carbonyl (C=O) groups is 1. The summed E-state index contributed by atoms with van der Waals surface area (Å²) in [5.74, 6) is 1.42. The Morgan fingerprint density at radius 2 is 2.09 bits per heavy atom. The van der Waals surface area contributed by atoms with Crippen LogP contribution in [0.3, 0.4) is 0 Å². The summed E-state index contributed by atoms with van der Waals surface area (Å²) >= 11 is 0. The maximum atomic E-state index is 12.8. The number of anilines is 2. The lowest BCUT2D eigenvalue weighted by Gasteiger charge is -2.55. The molecule has 32 heavy (non-hydrogen) atoms. The Morgan fingerprint density at radius 1 is 1.22 bits per heavy atom. The van der Waals surface area contributed by atoms with E-state index in [1.807, 2.05) is 12.3 Å². The molecular formula is C23H25N7O2. The summed E-state index contributed by atoms with van der Waals surface area (Å²) < 4.78 is 7.10. The van der Waals surface area contributed by atoms with Gasteiger partial charge in [0, 0.05) is 31.7 Å². The molecule has 9 nitrogen and oxygen atoms in total. The summed E-state index contributed by atoms with van der Waals surface area (Å²) in [6, 6.07) is 6.01. The first-order chi connectivity index (χ1) is 15.6. The summed E-state index contributed by atoms with van der Waals surface area (Å²) in [4.78, 5) is 23.8. The molecule has 2 fully saturated rings. The molecule has 3 aromatic rings. The van der Waals surface area contributed by atoms with Crippen molar-refractivity contribution in [2.24, 2.45) is 5.41 Å². The van der Waals surface area contributed by atoms with Crippen LogP contribution in [-0.2, 0) is 17.7 Å². The van der Waals surface area contributed by atoms with Crippen LogP contribution in [0.4, 0.5) is 11.6 Å². The number of ether oxygens (including phenoxy) is 1. The van der Waals surface area contributed by atoms with Crippen LogP contribution < -0.4 is 16.0 Å². The molecule has 2 aliphatic heterocycles. The number of nitrogens with two attached hydrogens (primary N) is 1. The Bertz CT molecular complexity index is 1160. The molecule has 5 heterocycles. The zero-order valence-electron chi connectivity index (χ0n) is 17.7. The fourth-order valence-electron chi connectivity index (χ4n) is 4.91. The first kappa shape index (κ1) is 19.2. The van der Waals surface area contributed by atoms with Crippen molar-refractivity contribution >= 4 is 17.5 Å². The van der Waals surface area contributed by atoms with E-state index in [0.717, 1.165) is 61.7 Å². The number of nitrogens with zero attached hydrogens (tertiary/aromatic N) is 5. The van der Waals surface area contributed by atoms with Gasteiger partial charge in [0.05, 0.1) is 43.0 Å². The highest BCUT2D eigenvalue weighted by Crippen LogP contribution is 2.39. The molecule has 1 spiro atoms. The van der Waals surface area contributed by atoms with Gasteiger partial charge in [-0.05, 0) is 41.7 Å². The molecule has 3 aromatic heterocycles. The van der Waals surface area contributed by atoms with E-state index in [0.29, 0.717) is 23.3 Å². The Kier molecular flexibility index (Phi) is 4.39. The number of hydrogen-bond acceptors (Lipinski definition) is 7. The van der Waals surface area contributed by atoms with E-state index in [4.69, 9.17) is 10.5 Å². The van der Waals surface area contributed by atoms with Gasteiger partial charge in [0.2, 0.25) is 0 Å². The second-order valence-corrected chi connectivity index (χ2v) is 9.13. The van der Waals surface area contributed by atoms with Crippen molar-refractivity contribution in [2.75, 3.05) is 36.9 Å². The molecule has 0 radical (unpaired) electrons. The number of carbonyl (C=O) groups excluding carboxylic acids is 1. The highest BCUT2D eigenvalue weighted by molar-refractivity contribution is 5.94. The summed E-state index contributed by atoms with van der Waals surface area (Å²) in [6.45, 7) is 4.34. The molecule has 3 aliphatic rings. The molecule has 164 valence electrons. The maximum absolute atomic E-state index is 12.8. The molecule has 0 unspecified atom stereocenters. The van der Waals surface area contributed by atoms with Crippen molar-refractivity contribution in [3.8, 4) is 0 Å². The SMILES string of the molecule is Nc1nccc2c1CC[C@H]2NC(=O)c1cnn(Cc2ccc(N3CC4(COC4)C3)nc2)c1. The van der Waals surface area contributed by atoms with Gasteiger partial charge in [-0.15, -0.1) is 0 Å². The number of fused-ring (bicyclic) bond motifs is 1. The molecule has 1 aliphatic carbocycles. The largest absolute Gasteiger partial charge is 0.383 e. The van der Waals surface area contributed by atoms with E-state index in [9.17, 15) is 4.79 Å². The number of nitrogen functional groups attached to an aromatic ring is 1. The Balaban J connectivity index is 1.07. The van der Waals surface area contributed by atoms with Crippen LogP contribution in [0.5, 0.6) is 0 Å². The fourth-order valence-corrected chi connectivity index (χ4v) is 4.91. The van der Waals surface area contributed by atoms with Crippen LogP contribution in [0.2, 0.25) is 0 Å². The number of nitrogens with one attached hydrogen (secondary N) is 1. The van der Waals surface area contributed by atoms with Gasteiger partial charge in [-0.1, -0.05) is 6.07 Å². The van der Waals surface area contributed by atoms with Crippen LogP contribution in [0.15, 0.2) is 43.0 Å². The predicted molar refractivity (Wildman–Crippen MR) is 118 cm³/mol. The third kappa shape index (κ3) is 3.29. The lowest BCUT2D eigenvalue weighted by Crippen LogP contribution is -2.66. The van der Waals surface area contributed by atoms with Crippen molar-refractivity contribution in [1.82, 2.24) is 25.1 Å². The van der Waals surface area contributed by atoms with Crippen LogP contribution in [0.25, 0.3) is 0 Å². The molecule has 0 aromatic carbocycles. The first-order valence-corrected chi connectivity index (χ1v) is 10.9. The second kappa shape index (κ2) is 7.30. The van der Waals surface area contributed by atoms with Gasteiger partial charge in [-0.25, -0.2) is 9.97 Å². The van der Waals surface area contributed by atoms with Gasteiger partial charge < -0.3 is 20.7 Å². The Morgan fingerprint density at radius 3 is 2.84 bits per heavy atom. The molecule has 3 N–H and O–H groups in total. The van der Waals surface area contributed by atoms with E-state index in [1.165, 1.54) is 0 Å². The lowest BCUT2D eigenvalue weighted by atomic mass is 9.78. The lowest BCUT2D eigenvalue weighted by molar-refractivity contribution is -0.127. The monoisotopic (exact) mass is 431 g/mol. The minimum Gasteiger partial charge on any atom is -0.383 e. The van der Waals surface area contributed by atoms with Crippen molar-refractivity contribution < 1.29 is 9.53 Å². The van der Waals surface area contributed by atoms with Crippen LogP contribution in [0, 0.1) is 5.41 Å². The van der Waals surface area contributed by atoms with E-state index in [1.54, 1.807) is 23.3 Å². The summed E-state index contributed by atoms with van der Waals surface area (Å²) in [7, 11) is 0.